The van der Waals surface area contributed by atoms with E-state index >= 15 is 0 Å². The van der Waals surface area contributed by atoms with Crippen molar-refractivity contribution in [2.75, 3.05) is 6.61 Å². The van der Waals surface area contributed by atoms with E-state index in [1.165, 1.54) is 22.9 Å². The molecule has 4 rings (SSSR count). The van der Waals surface area contributed by atoms with Crippen LogP contribution in [0.2, 0.25) is 5.02 Å². The second-order valence-corrected chi connectivity index (χ2v) is 6.80. The number of nitrogens with zero attached hydrogens (tertiary/aromatic N) is 2. The molecular formula is C19H14ClF3N2O2. The van der Waals surface area contributed by atoms with Crippen molar-refractivity contribution in [2.45, 2.75) is 25.5 Å². The van der Waals surface area contributed by atoms with Gasteiger partial charge in [-0.05, 0) is 49.6 Å². The quantitative estimate of drug-likeness (QED) is 0.585. The van der Waals surface area contributed by atoms with Crippen LogP contribution < -0.4 is 0 Å². The zero-order valence-corrected chi connectivity index (χ0v) is 14.8. The third-order valence-corrected chi connectivity index (χ3v) is 4.80. The van der Waals surface area contributed by atoms with Crippen LogP contribution in [0.1, 0.15) is 41.4 Å². The minimum absolute atomic E-state index is 0.0503. The Morgan fingerprint density at radius 2 is 1.89 bits per heavy atom. The minimum atomic E-state index is -1.07. The van der Waals surface area contributed by atoms with Crippen LogP contribution in [0, 0.1) is 17.6 Å². The summed E-state index contributed by atoms with van der Waals surface area (Å²) in [6.45, 7) is 0.569. The lowest BCUT2D eigenvalue weighted by Gasteiger charge is -2.23. The molecule has 0 saturated carbocycles. The van der Waals surface area contributed by atoms with Gasteiger partial charge in [0.15, 0.2) is 12.0 Å². The Kier molecular flexibility index (Phi) is 4.65. The molecule has 1 fully saturated rings. The van der Waals surface area contributed by atoms with Crippen molar-refractivity contribution in [2.24, 2.45) is 0 Å². The topological polar surface area (TPSA) is 44.1 Å². The van der Waals surface area contributed by atoms with E-state index in [-0.39, 0.29) is 22.2 Å². The zero-order chi connectivity index (χ0) is 19.1. The van der Waals surface area contributed by atoms with Crippen LogP contribution >= 0.6 is 11.6 Å². The number of rotatable bonds is 3. The van der Waals surface area contributed by atoms with Gasteiger partial charge in [-0.3, -0.25) is 4.79 Å². The Balaban J connectivity index is 1.76. The summed E-state index contributed by atoms with van der Waals surface area (Å²) >= 11 is 5.58. The van der Waals surface area contributed by atoms with E-state index < -0.39 is 28.9 Å². The molecule has 0 spiro atoms. The molecule has 3 aromatic rings. The maximum absolute atomic E-state index is 14.4. The largest absolute Gasteiger partial charge is 0.356 e. The van der Waals surface area contributed by atoms with Crippen molar-refractivity contribution in [3.8, 4) is 0 Å². The number of aromatic nitrogens is 2. The van der Waals surface area contributed by atoms with Gasteiger partial charge in [-0.25, -0.2) is 13.5 Å². The first-order valence-electron chi connectivity index (χ1n) is 8.44. The molecule has 1 aliphatic rings. The molecular weight excluding hydrogens is 381 g/mol. The molecule has 0 aliphatic carbocycles. The maximum Gasteiger partial charge on any atom is 0.240 e. The Bertz CT molecular complexity index is 1020. The molecule has 2 aromatic carbocycles. The van der Waals surface area contributed by atoms with Gasteiger partial charge in [0, 0.05) is 17.2 Å². The highest BCUT2D eigenvalue weighted by Gasteiger charge is 2.24. The maximum atomic E-state index is 14.4. The molecule has 2 heterocycles. The standard InChI is InChI=1S/C19H14ClF3N2O2/c20-11-8-13(21)17(14(22)9-11)18(26)10-4-5-15-12(7-10)19(23)24-25(15)16-3-1-2-6-27-16/h4-5,7-9,16H,1-3,6H2. The Labute approximate surface area is 157 Å². The average molecular weight is 395 g/mol. The van der Waals surface area contributed by atoms with Gasteiger partial charge >= 0.3 is 0 Å². The minimum Gasteiger partial charge on any atom is -0.356 e. The molecule has 1 aromatic heterocycles. The number of benzene rings is 2. The lowest BCUT2D eigenvalue weighted by Crippen LogP contribution is -2.19. The molecule has 0 N–H and O–H groups in total. The van der Waals surface area contributed by atoms with Crippen molar-refractivity contribution in [3.63, 3.8) is 0 Å². The molecule has 1 unspecified atom stereocenters. The van der Waals surface area contributed by atoms with Crippen LogP contribution in [-0.2, 0) is 4.74 Å². The second kappa shape index (κ2) is 6.98. The fraction of sp³-hybridized carbons (Fsp3) is 0.263. The SMILES string of the molecule is O=C(c1ccc2c(c1)c(F)nn2C1CCCCO1)c1c(F)cc(Cl)cc1F. The molecule has 8 heteroatoms. The van der Waals surface area contributed by atoms with Crippen molar-refractivity contribution < 1.29 is 22.7 Å². The number of hydrogen-bond donors (Lipinski definition) is 0. The van der Waals surface area contributed by atoms with E-state index in [1.807, 2.05) is 0 Å². The highest BCUT2D eigenvalue weighted by atomic mass is 35.5. The van der Waals surface area contributed by atoms with Gasteiger partial charge in [-0.1, -0.05) is 11.6 Å². The van der Waals surface area contributed by atoms with Gasteiger partial charge in [0.1, 0.15) is 11.6 Å². The molecule has 4 nitrogen and oxygen atoms in total. The fourth-order valence-corrected chi connectivity index (χ4v) is 3.48. The summed E-state index contributed by atoms with van der Waals surface area (Å²) < 4.78 is 49.5. The number of ketones is 1. The smallest absolute Gasteiger partial charge is 0.240 e. The summed E-state index contributed by atoms with van der Waals surface area (Å²) in [6, 6.07) is 5.85. The van der Waals surface area contributed by atoms with Crippen LogP contribution in [0.25, 0.3) is 10.9 Å². The van der Waals surface area contributed by atoms with Gasteiger partial charge in [0.2, 0.25) is 5.95 Å². The molecule has 0 bridgehead atoms. The lowest BCUT2D eigenvalue weighted by molar-refractivity contribution is -0.0375. The van der Waals surface area contributed by atoms with Crippen molar-refractivity contribution in [3.05, 3.63) is 64.1 Å². The van der Waals surface area contributed by atoms with E-state index in [0.717, 1.165) is 25.0 Å². The van der Waals surface area contributed by atoms with Crippen LogP contribution in [0.5, 0.6) is 0 Å². The highest BCUT2D eigenvalue weighted by molar-refractivity contribution is 6.30. The van der Waals surface area contributed by atoms with Crippen LogP contribution in [0.15, 0.2) is 30.3 Å². The van der Waals surface area contributed by atoms with E-state index in [4.69, 9.17) is 16.3 Å². The van der Waals surface area contributed by atoms with Crippen molar-refractivity contribution in [1.29, 1.82) is 0 Å². The van der Waals surface area contributed by atoms with Crippen LogP contribution in [-0.4, -0.2) is 22.2 Å². The van der Waals surface area contributed by atoms with Gasteiger partial charge < -0.3 is 4.74 Å². The van der Waals surface area contributed by atoms with E-state index in [2.05, 4.69) is 5.10 Å². The third kappa shape index (κ3) is 3.21. The summed E-state index contributed by atoms with van der Waals surface area (Å²) in [6.07, 6.45) is 2.21. The normalized spacial score (nSPS) is 17.4. The number of halogens is 4. The van der Waals surface area contributed by atoms with Gasteiger partial charge in [-0.2, -0.15) is 4.39 Å². The number of fused-ring (bicyclic) bond motifs is 1. The molecule has 27 heavy (non-hydrogen) atoms. The second-order valence-electron chi connectivity index (χ2n) is 6.36. The molecule has 0 amide bonds. The summed E-state index contributed by atoms with van der Waals surface area (Å²) in [7, 11) is 0. The summed E-state index contributed by atoms with van der Waals surface area (Å²) in [5.74, 6) is -3.82. The van der Waals surface area contributed by atoms with Crippen LogP contribution in [0.3, 0.4) is 0 Å². The number of hydrogen-bond acceptors (Lipinski definition) is 3. The van der Waals surface area contributed by atoms with Gasteiger partial charge in [-0.15, -0.1) is 5.10 Å². The Morgan fingerprint density at radius 1 is 1.15 bits per heavy atom. The predicted octanol–water partition coefficient (Wildman–Crippen LogP) is 5.04. The highest BCUT2D eigenvalue weighted by Crippen LogP contribution is 2.29. The lowest BCUT2D eigenvalue weighted by atomic mass is 10.0. The summed E-state index contributed by atoms with van der Waals surface area (Å²) in [4.78, 5) is 12.6. The first-order chi connectivity index (χ1) is 13.0. The monoisotopic (exact) mass is 394 g/mol. The van der Waals surface area contributed by atoms with Crippen LogP contribution in [0.4, 0.5) is 13.2 Å². The first kappa shape index (κ1) is 18.0. The van der Waals surface area contributed by atoms with Crippen molar-refractivity contribution in [1.82, 2.24) is 9.78 Å². The molecule has 1 aliphatic heterocycles. The molecule has 1 atom stereocenters. The Morgan fingerprint density at radius 3 is 2.56 bits per heavy atom. The van der Waals surface area contributed by atoms with Gasteiger partial charge in [0.05, 0.1) is 16.5 Å². The molecule has 1 saturated heterocycles. The summed E-state index contributed by atoms with van der Waals surface area (Å²) in [5, 5.41) is 3.81. The number of carbonyl (C=O) groups is 1. The number of carbonyl (C=O) groups excluding carboxylic acids is 1. The predicted molar refractivity (Wildman–Crippen MR) is 93.3 cm³/mol. The average Bonchev–Trinajstić information content (AvgIpc) is 2.98. The third-order valence-electron chi connectivity index (χ3n) is 4.59. The molecule has 0 radical (unpaired) electrons. The van der Waals surface area contributed by atoms with Gasteiger partial charge in [0.25, 0.3) is 0 Å². The van der Waals surface area contributed by atoms with E-state index in [1.54, 1.807) is 0 Å². The Hall–Kier alpha value is -2.38. The first-order valence-corrected chi connectivity index (χ1v) is 8.82. The van der Waals surface area contributed by atoms with E-state index in [0.29, 0.717) is 18.5 Å². The number of ether oxygens (including phenoxy) is 1. The zero-order valence-electron chi connectivity index (χ0n) is 14.0. The van der Waals surface area contributed by atoms with E-state index in [9.17, 15) is 18.0 Å². The summed E-state index contributed by atoms with van der Waals surface area (Å²) in [5.41, 5.74) is -0.333. The van der Waals surface area contributed by atoms with Crippen molar-refractivity contribution >= 4 is 28.3 Å². The molecule has 140 valence electrons. The fourth-order valence-electron chi connectivity index (χ4n) is 3.28.